The summed E-state index contributed by atoms with van der Waals surface area (Å²) in [6.07, 6.45) is 4.26. The molecule has 0 N–H and O–H groups in total. The van der Waals surface area contributed by atoms with Gasteiger partial charge in [-0.25, -0.2) is 0 Å². The first-order valence-corrected chi connectivity index (χ1v) is 14.4. The highest BCUT2D eigenvalue weighted by Gasteiger charge is 2.08. The number of hydrogen-bond acceptors (Lipinski definition) is 2. The van der Waals surface area contributed by atoms with Crippen LogP contribution in [-0.2, 0) is 10.7 Å². The molecule has 0 nitrogen and oxygen atoms in total. The number of allylic oxidation sites excluding steroid dienone is 1. The highest BCUT2D eigenvalue weighted by Crippen LogP contribution is 2.33. The van der Waals surface area contributed by atoms with Crippen LogP contribution in [0.5, 0.6) is 0 Å². The van der Waals surface area contributed by atoms with Gasteiger partial charge in [0.05, 0.1) is 0 Å². The van der Waals surface area contributed by atoms with Crippen LogP contribution in [0.4, 0.5) is 0 Å². The van der Waals surface area contributed by atoms with E-state index in [9.17, 15) is 0 Å². The molecule has 166 valence electrons. The summed E-state index contributed by atoms with van der Waals surface area (Å²) < 4.78 is 0. The van der Waals surface area contributed by atoms with E-state index in [4.69, 9.17) is 0 Å². The molecule has 0 aliphatic heterocycles. The third-order valence-electron chi connectivity index (χ3n) is 5.04. The maximum atomic E-state index is 3.55. The fourth-order valence-electron chi connectivity index (χ4n) is 3.42. The van der Waals surface area contributed by atoms with Gasteiger partial charge in [0.2, 0.25) is 0 Å². The van der Waals surface area contributed by atoms with Crippen molar-refractivity contribution in [1.29, 1.82) is 0 Å². The maximum absolute atomic E-state index is 3.55. The molecule has 0 amide bonds. The second kappa shape index (κ2) is 12.1. The molecule has 2 aromatic carbocycles. The van der Waals surface area contributed by atoms with E-state index in [1.54, 1.807) is 0 Å². The molecule has 32 heavy (non-hydrogen) atoms. The standard InChI is InChI=1S/C15H16S.C13H12Br2S/c1-4-5-13-8-6-11(2)10-14(13)15-9-7-12(3)16-15;1-9-2-5-13(16-9)12-6-10(7-14)3-4-11(12)8-15/h4-10H,1-3H3;2-6H,7-8H2,1H3/b5-4+;. The fraction of sp³-hybridized carbons (Fsp3) is 0.214. The summed E-state index contributed by atoms with van der Waals surface area (Å²) in [5, 5.41) is 1.81. The predicted octanol–water partition coefficient (Wildman–Crippen LogP) is 10.6. The van der Waals surface area contributed by atoms with Crippen LogP contribution in [-0.4, -0.2) is 0 Å². The first kappa shape index (κ1) is 25.2. The minimum atomic E-state index is 0.905. The summed E-state index contributed by atoms with van der Waals surface area (Å²) in [4.78, 5) is 5.44. The van der Waals surface area contributed by atoms with Gasteiger partial charge in [0, 0.05) is 30.2 Å². The molecule has 0 saturated carbocycles. The van der Waals surface area contributed by atoms with Crippen molar-refractivity contribution < 1.29 is 0 Å². The largest absolute Gasteiger partial charge is 0.141 e. The van der Waals surface area contributed by atoms with Crippen LogP contribution in [0.3, 0.4) is 0 Å². The summed E-state index contributed by atoms with van der Waals surface area (Å²) in [5.41, 5.74) is 7.99. The molecule has 2 aromatic heterocycles. The third kappa shape index (κ3) is 6.54. The van der Waals surface area contributed by atoms with Gasteiger partial charge in [0.1, 0.15) is 0 Å². The molecule has 0 unspecified atom stereocenters. The minimum absolute atomic E-state index is 0.905. The third-order valence-corrected chi connectivity index (χ3v) is 8.36. The van der Waals surface area contributed by atoms with Gasteiger partial charge in [-0.2, -0.15) is 0 Å². The van der Waals surface area contributed by atoms with Crippen LogP contribution >= 0.6 is 54.5 Å². The zero-order chi connectivity index (χ0) is 23.1. The average Bonchev–Trinajstić information content (AvgIpc) is 3.43. The van der Waals surface area contributed by atoms with Crippen molar-refractivity contribution in [3.8, 4) is 20.9 Å². The number of aryl methyl sites for hydroxylation is 3. The first-order valence-electron chi connectivity index (χ1n) is 10.6. The Hall–Kier alpha value is -1.46. The number of thiophene rings is 2. The van der Waals surface area contributed by atoms with Crippen LogP contribution in [0, 0.1) is 20.8 Å². The normalized spacial score (nSPS) is 10.9. The van der Waals surface area contributed by atoms with Crippen LogP contribution < -0.4 is 0 Å². The lowest BCUT2D eigenvalue weighted by atomic mass is 10.0. The highest BCUT2D eigenvalue weighted by atomic mass is 79.9. The molecule has 0 aliphatic carbocycles. The van der Waals surface area contributed by atoms with Crippen molar-refractivity contribution in [3.63, 3.8) is 0 Å². The second-order valence-electron chi connectivity index (χ2n) is 7.67. The first-order chi connectivity index (χ1) is 15.4. The second-order valence-corrected chi connectivity index (χ2v) is 11.4. The molecular formula is C28H28Br2S2. The SMILES string of the molecule is C/C=C/c1ccc(C)cc1-c1ccc(C)s1.Cc1ccc(-c2cc(CBr)ccc2CBr)s1. The Morgan fingerprint density at radius 2 is 1.38 bits per heavy atom. The Kier molecular flexibility index (Phi) is 9.54. The number of benzene rings is 2. The average molecular weight is 588 g/mol. The van der Waals surface area contributed by atoms with Crippen LogP contribution in [0.1, 0.15) is 38.9 Å². The molecule has 4 rings (SSSR count). The zero-order valence-electron chi connectivity index (χ0n) is 18.9. The summed E-state index contributed by atoms with van der Waals surface area (Å²) in [6, 6.07) is 22.1. The number of alkyl halides is 2. The van der Waals surface area contributed by atoms with Gasteiger partial charge < -0.3 is 0 Å². The van der Waals surface area contributed by atoms with E-state index in [2.05, 4.69) is 132 Å². The van der Waals surface area contributed by atoms with E-state index in [0.717, 1.165) is 10.7 Å². The Morgan fingerprint density at radius 1 is 0.719 bits per heavy atom. The summed E-state index contributed by atoms with van der Waals surface area (Å²) in [7, 11) is 0. The Morgan fingerprint density at radius 3 is 1.91 bits per heavy atom. The summed E-state index contributed by atoms with van der Waals surface area (Å²) in [5.74, 6) is 0. The lowest BCUT2D eigenvalue weighted by molar-refractivity contribution is 1.37. The van der Waals surface area contributed by atoms with Crippen molar-refractivity contribution in [2.45, 2.75) is 38.4 Å². The molecule has 0 bridgehead atoms. The number of hydrogen-bond donors (Lipinski definition) is 0. The molecule has 0 atom stereocenters. The molecule has 2 heterocycles. The van der Waals surface area contributed by atoms with Crippen molar-refractivity contribution in [2.24, 2.45) is 0 Å². The van der Waals surface area contributed by atoms with E-state index >= 15 is 0 Å². The monoisotopic (exact) mass is 586 g/mol. The molecule has 0 spiro atoms. The molecule has 0 aliphatic rings. The number of rotatable bonds is 5. The number of halogens is 2. The van der Waals surface area contributed by atoms with Crippen molar-refractivity contribution >= 4 is 60.6 Å². The van der Waals surface area contributed by atoms with Gasteiger partial charge in [-0.1, -0.05) is 79.9 Å². The van der Waals surface area contributed by atoms with Crippen LogP contribution in [0.25, 0.3) is 27.0 Å². The summed E-state index contributed by atoms with van der Waals surface area (Å²) in [6.45, 7) is 8.50. The van der Waals surface area contributed by atoms with Gasteiger partial charge >= 0.3 is 0 Å². The van der Waals surface area contributed by atoms with Crippen LogP contribution in [0.15, 0.2) is 66.7 Å². The summed E-state index contributed by atoms with van der Waals surface area (Å²) >= 11 is 10.8. The van der Waals surface area contributed by atoms with Gasteiger partial charge in [-0.3, -0.25) is 0 Å². The Balaban J connectivity index is 0.000000181. The molecule has 4 aromatic rings. The smallest absolute Gasteiger partial charge is 0.0351 e. The van der Waals surface area contributed by atoms with E-state index in [-0.39, 0.29) is 0 Å². The van der Waals surface area contributed by atoms with E-state index in [0.29, 0.717) is 0 Å². The van der Waals surface area contributed by atoms with Gasteiger partial charge in [0.25, 0.3) is 0 Å². The Labute approximate surface area is 217 Å². The van der Waals surface area contributed by atoms with Crippen molar-refractivity contribution in [1.82, 2.24) is 0 Å². The minimum Gasteiger partial charge on any atom is -0.141 e. The van der Waals surface area contributed by atoms with Gasteiger partial charge in [0.15, 0.2) is 0 Å². The van der Waals surface area contributed by atoms with E-state index < -0.39 is 0 Å². The van der Waals surface area contributed by atoms with Crippen LogP contribution in [0.2, 0.25) is 0 Å². The fourth-order valence-corrected chi connectivity index (χ4v) is 6.08. The molecule has 0 fully saturated rings. The maximum Gasteiger partial charge on any atom is 0.0351 e. The zero-order valence-corrected chi connectivity index (χ0v) is 23.7. The lowest BCUT2D eigenvalue weighted by Gasteiger charge is -2.07. The highest BCUT2D eigenvalue weighted by molar-refractivity contribution is 9.08. The van der Waals surface area contributed by atoms with Crippen molar-refractivity contribution in [3.05, 3.63) is 98.7 Å². The molecule has 0 saturated heterocycles. The van der Waals surface area contributed by atoms with E-state index in [1.165, 1.54) is 52.9 Å². The predicted molar refractivity (Wildman–Crippen MR) is 154 cm³/mol. The van der Waals surface area contributed by atoms with Gasteiger partial charge in [-0.15, -0.1) is 22.7 Å². The van der Waals surface area contributed by atoms with Crippen molar-refractivity contribution in [2.75, 3.05) is 0 Å². The topological polar surface area (TPSA) is 0 Å². The molecule has 0 radical (unpaired) electrons. The lowest BCUT2D eigenvalue weighted by Crippen LogP contribution is -1.86. The molecule has 4 heteroatoms. The van der Waals surface area contributed by atoms with E-state index in [1.807, 2.05) is 22.7 Å². The quantitative estimate of drug-likeness (QED) is 0.204. The Bertz CT molecular complexity index is 1200. The van der Waals surface area contributed by atoms with Gasteiger partial charge in [-0.05, 0) is 85.8 Å². The molecular weight excluding hydrogens is 560 g/mol.